The molecule has 0 radical (unpaired) electrons. The molecule has 0 amide bonds. The van der Waals surface area contributed by atoms with E-state index in [1.165, 1.54) is 6.33 Å². The first-order valence-corrected chi connectivity index (χ1v) is 10.3. The zero-order valence-electron chi connectivity index (χ0n) is 16.7. The Bertz CT molecular complexity index is 1180. The molecule has 2 aromatic carbocycles. The monoisotopic (exact) mass is 432 g/mol. The SMILES string of the molecule is CNc1ncnc(N)c1C(=N)c1ccc(Oc2cccc(OCc3cncs3)c2)cc1. The minimum Gasteiger partial charge on any atom is -0.488 e. The van der Waals surface area contributed by atoms with Crippen LogP contribution in [0.3, 0.4) is 0 Å². The minimum absolute atomic E-state index is 0.229. The summed E-state index contributed by atoms with van der Waals surface area (Å²) in [4.78, 5) is 13.2. The van der Waals surface area contributed by atoms with E-state index in [2.05, 4.69) is 20.3 Å². The van der Waals surface area contributed by atoms with Gasteiger partial charge < -0.3 is 20.5 Å². The maximum atomic E-state index is 8.52. The van der Waals surface area contributed by atoms with Crippen molar-refractivity contribution in [2.24, 2.45) is 0 Å². The Hall–Kier alpha value is -3.98. The molecular weight excluding hydrogens is 412 g/mol. The number of aromatic nitrogens is 3. The van der Waals surface area contributed by atoms with E-state index in [4.69, 9.17) is 20.6 Å². The number of nitrogens with two attached hydrogens (primary N) is 1. The van der Waals surface area contributed by atoms with Crippen LogP contribution in [0, 0.1) is 5.41 Å². The van der Waals surface area contributed by atoms with Crippen LogP contribution in [0.4, 0.5) is 11.6 Å². The van der Waals surface area contributed by atoms with Crippen LogP contribution in [-0.4, -0.2) is 27.7 Å². The number of hydrogen-bond donors (Lipinski definition) is 3. The number of ether oxygens (including phenoxy) is 2. The second-order valence-corrected chi connectivity index (χ2v) is 7.44. The molecule has 2 aromatic heterocycles. The summed E-state index contributed by atoms with van der Waals surface area (Å²) in [5, 5.41) is 11.5. The second-order valence-electron chi connectivity index (χ2n) is 6.47. The van der Waals surface area contributed by atoms with Crippen LogP contribution in [0.2, 0.25) is 0 Å². The van der Waals surface area contributed by atoms with Crippen LogP contribution < -0.4 is 20.5 Å². The molecule has 4 N–H and O–H groups in total. The van der Waals surface area contributed by atoms with Crippen LogP contribution in [0.1, 0.15) is 16.0 Å². The predicted molar refractivity (Wildman–Crippen MR) is 121 cm³/mol. The number of nitrogens with one attached hydrogen (secondary N) is 2. The largest absolute Gasteiger partial charge is 0.488 e. The van der Waals surface area contributed by atoms with E-state index in [0.29, 0.717) is 40.8 Å². The normalized spacial score (nSPS) is 10.5. The third kappa shape index (κ3) is 4.78. The number of nitrogens with zero attached hydrogens (tertiary/aromatic N) is 3. The van der Waals surface area contributed by atoms with Gasteiger partial charge in [0.25, 0.3) is 0 Å². The fourth-order valence-electron chi connectivity index (χ4n) is 2.90. The van der Waals surface area contributed by atoms with E-state index in [-0.39, 0.29) is 11.5 Å². The van der Waals surface area contributed by atoms with Crippen LogP contribution in [0.5, 0.6) is 17.2 Å². The summed E-state index contributed by atoms with van der Waals surface area (Å²) < 4.78 is 11.7. The van der Waals surface area contributed by atoms with Gasteiger partial charge in [-0.25, -0.2) is 9.97 Å². The third-order valence-corrected chi connectivity index (χ3v) is 5.17. The van der Waals surface area contributed by atoms with Crippen molar-refractivity contribution in [3.05, 3.63) is 82.6 Å². The summed E-state index contributed by atoms with van der Waals surface area (Å²) >= 11 is 1.55. The highest BCUT2D eigenvalue weighted by molar-refractivity contribution is 7.09. The van der Waals surface area contributed by atoms with Gasteiger partial charge >= 0.3 is 0 Å². The molecule has 4 aromatic rings. The topological polar surface area (TPSA) is 119 Å². The van der Waals surface area contributed by atoms with Crippen LogP contribution in [-0.2, 0) is 6.61 Å². The molecule has 0 saturated carbocycles. The number of anilines is 2. The first kappa shape index (κ1) is 20.3. The summed E-state index contributed by atoms with van der Waals surface area (Å²) in [5.74, 6) is 2.77. The fourth-order valence-corrected chi connectivity index (χ4v) is 3.41. The van der Waals surface area contributed by atoms with Crippen molar-refractivity contribution >= 4 is 28.7 Å². The van der Waals surface area contributed by atoms with E-state index < -0.39 is 0 Å². The van der Waals surface area contributed by atoms with Gasteiger partial charge in [-0.2, -0.15) is 0 Å². The van der Waals surface area contributed by atoms with Gasteiger partial charge in [0.1, 0.15) is 41.8 Å². The Morgan fingerprint density at radius 2 is 1.90 bits per heavy atom. The Kier molecular flexibility index (Phi) is 6.04. The average molecular weight is 433 g/mol. The number of benzene rings is 2. The van der Waals surface area contributed by atoms with Gasteiger partial charge in [-0.3, -0.25) is 10.4 Å². The fraction of sp³-hybridized carbons (Fsp3) is 0.0909. The molecule has 31 heavy (non-hydrogen) atoms. The van der Waals surface area contributed by atoms with Gasteiger partial charge in [0, 0.05) is 24.9 Å². The van der Waals surface area contributed by atoms with Crippen molar-refractivity contribution in [3.63, 3.8) is 0 Å². The summed E-state index contributed by atoms with van der Waals surface area (Å²) in [7, 11) is 1.73. The van der Waals surface area contributed by atoms with Gasteiger partial charge in [-0.1, -0.05) is 6.07 Å². The Balaban J connectivity index is 1.45. The van der Waals surface area contributed by atoms with Crippen molar-refractivity contribution in [2.75, 3.05) is 18.1 Å². The predicted octanol–water partition coefficient (Wildman–Crippen LogP) is 4.34. The first-order valence-electron chi connectivity index (χ1n) is 9.39. The maximum Gasteiger partial charge on any atom is 0.140 e. The number of hydrogen-bond acceptors (Lipinski definition) is 9. The lowest BCUT2D eigenvalue weighted by molar-refractivity contribution is 0.308. The molecular formula is C22H20N6O2S. The molecule has 0 atom stereocenters. The lowest BCUT2D eigenvalue weighted by atomic mass is 10.0. The van der Waals surface area contributed by atoms with Crippen molar-refractivity contribution in [2.45, 2.75) is 6.61 Å². The van der Waals surface area contributed by atoms with E-state index in [1.54, 1.807) is 54.4 Å². The number of thiazole rings is 1. The lowest BCUT2D eigenvalue weighted by Crippen LogP contribution is -2.12. The number of nitrogen functional groups attached to an aromatic ring is 1. The van der Waals surface area contributed by atoms with Crippen molar-refractivity contribution in [1.82, 2.24) is 15.0 Å². The van der Waals surface area contributed by atoms with Gasteiger partial charge in [0.15, 0.2) is 0 Å². The summed E-state index contributed by atoms with van der Waals surface area (Å²) in [6.07, 6.45) is 3.16. The first-order chi connectivity index (χ1) is 15.1. The molecule has 4 rings (SSSR count). The lowest BCUT2D eigenvalue weighted by Gasteiger charge is -2.12. The molecule has 0 aliphatic rings. The maximum absolute atomic E-state index is 8.52. The highest BCUT2D eigenvalue weighted by Gasteiger charge is 2.15. The van der Waals surface area contributed by atoms with Gasteiger partial charge in [-0.05, 0) is 36.4 Å². The molecule has 9 heteroatoms. The molecule has 0 aliphatic carbocycles. The average Bonchev–Trinajstić information content (AvgIpc) is 3.32. The molecule has 8 nitrogen and oxygen atoms in total. The smallest absolute Gasteiger partial charge is 0.140 e. The minimum atomic E-state index is 0.229. The van der Waals surface area contributed by atoms with E-state index in [0.717, 1.165) is 4.88 Å². The Morgan fingerprint density at radius 1 is 1.10 bits per heavy atom. The number of rotatable bonds is 8. The molecule has 2 heterocycles. The standard InChI is InChI=1S/C22H20N6O2S/c1-25-22-19(21(24)27-12-28-22)20(23)14-5-7-15(8-6-14)30-17-4-2-3-16(9-17)29-11-18-10-26-13-31-18/h2-10,12-13,23H,11H2,1H3,(H3,24,25,27,28). The van der Waals surface area contributed by atoms with Gasteiger partial charge in [0.05, 0.1) is 21.7 Å². The van der Waals surface area contributed by atoms with Crippen molar-refractivity contribution in [1.29, 1.82) is 5.41 Å². The van der Waals surface area contributed by atoms with Crippen molar-refractivity contribution < 1.29 is 9.47 Å². The zero-order valence-corrected chi connectivity index (χ0v) is 17.5. The molecule has 0 bridgehead atoms. The van der Waals surface area contributed by atoms with Crippen molar-refractivity contribution in [3.8, 4) is 17.2 Å². The molecule has 0 fully saturated rings. The Labute approximate surface area is 183 Å². The summed E-state index contributed by atoms with van der Waals surface area (Å²) in [5.41, 5.74) is 9.11. The molecule has 0 aliphatic heterocycles. The Morgan fingerprint density at radius 3 is 2.65 bits per heavy atom. The molecule has 156 valence electrons. The van der Waals surface area contributed by atoms with Crippen LogP contribution >= 0.6 is 11.3 Å². The third-order valence-electron chi connectivity index (χ3n) is 4.41. The quantitative estimate of drug-likeness (QED) is 0.354. The highest BCUT2D eigenvalue weighted by Crippen LogP contribution is 2.27. The van der Waals surface area contributed by atoms with Gasteiger partial charge in [0.2, 0.25) is 0 Å². The highest BCUT2D eigenvalue weighted by atomic mass is 32.1. The summed E-state index contributed by atoms with van der Waals surface area (Å²) in [6.45, 7) is 0.464. The van der Waals surface area contributed by atoms with Crippen LogP contribution in [0.25, 0.3) is 0 Å². The van der Waals surface area contributed by atoms with Gasteiger partial charge in [-0.15, -0.1) is 11.3 Å². The molecule has 0 unspecified atom stereocenters. The van der Waals surface area contributed by atoms with E-state index in [1.807, 2.05) is 24.3 Å². The molecule has 0 saturated heterocycles. The van der Waals surface area contributed by atoms with E-state index in [9.17, 15) is 0 Å². The second kappa shape index (κ2) is 9.23. The summed E-state index contributed by atoms with van der Waals surface area (Å²) in [6, 6.07) is 14.6. The zero-order chi connectivity index (χ0) is 21.6. The molecule has 0 spiro atoms. The van der Waals surface area contributed by atoms with Crippen LogP contribution in [0.15, 0.2) is 66.6 Å². The van der Waals surface area contributed by atoms with E-state index >= 15 is 0 Å².